The Balaban J connectivity index is 0.000000195. The van der Waals surface area contributed by atoms with Gasteiger partial charge in [0.15, 0.2) is 17.1 Å². The number of ether oxygens (including phenoxy) is 6. The largest absolute Gasteiger partial charge is 0.444 e. The molecule has 29 heteroatoms. The lowest BCUT2D eigenvalue weighted by molar-refractivity contribution is 0.00458. The summed E-state index contributed by atoms with van der Waals surface area (Å²) in [4.78, 5) is 68.6. The summed E-state index contributed by atoms with van der Waals surface area (Å²) in [6, 6.07) is 15.4. The molecule has 602 valence electrons. The molecule has 111 heavy (non-hydrogen) atoms. The Bertz CT molecular complexity index is 4440. The molecule has 0 N–H and O–H groups in total. The van der Waals surface area contributed by atoms with Crippen LogP contribution in [-0.4, -0.2) is 192 Å². The second-order valence-electron chi connectivity index (χ2n) is 38.5. The topological polar surface area (TPSA) is 214 Å². The number of halogens is 1. The second-order valence-corrected chi connectivity index (χ2v) is 64.2. The molecular formula is C82H121IN14O8S2Si4. The third kappa shape index (κ3) is 21.0. The lowest BCUT2D eigenvalue weighted by atomic mass is 9.88. The molecule has 8 aromatic rings. The van der Waals surface area contributed by atoms with E-state index in [1.165, 1.54) is 34.0 Å². The normalized spacial score (nSPS) is 20.0. The maximum Gasteiger partial charge on any atom is 0.410 e. The van der Waals surface area contributed by atoms with Crippen molar-refractivity contribution in [2.24, 2.45) is 0 Å². The lowest BCUT2D eigenvalue weighted by Crippen LogP contribution is -2.48. The first kappa shape index (κ1) is 83.3. The summed E-state index contributed by atoms with van der Waals surface area (Å²) in [6.07, 6.45) is 21.4. The number of fused-ring (bicyclic) bond motifs is 8. The fourth-order valence-corrected chi connectivity index (χ4v) is 22.3. The third-order valence-corrected chi connectivity index (χ3v) is 32.1. The number of carbonyl (C=O) groups is 2. The summed E-state index contributed by atoms with van der Waals surface area (Å²) in [6.45, 7) is 44.6. The quantitative estimate of drug-likeness (QED) is 0.0193. The molecule has 4 fully saturated rings. The molecule has 4 bridgehead atoms. The molecule has 0 spiro atoms. The molecule has 6 aliphatic rings. The van der Waals surface area contributed by atoms with Gasteiger partial charge in [0.2, 0.25) is 0 Å². The molecule has 14 rings (SSSR count). The highest BCUT2D eigenvalue weighted by Gasteiger charge is 2.48. The van der Waals surface area contributed by atoms with E-state index < -0.39 is 43.5 Å². The average Bonchev–Trinajstić information content (AvgIpc) is 1.68. The zero-order valence-corrected chi connectivity index (χ0v) is 77.1. The van der Waals surface area contributed by atoms with Crippen molar-refractivity contribution < 1.29 is 38.0 Å². The standard InChI is InChI=1S/C41H60IN7O4SSi2.C41H61N7O4SSi2/c1-41(2,3)53-40(50)48-29-14-15-30(48)22-28(21-29)36-35(42)39(47(25-51-17-19-55(4,5)6)26-52-18-20-56(7,8)9)49-37(46-36)31(24-44-49)27-13-16-33(43-23-27)38-45-32-11-10-12-34(32)54-38;1-41(2,3)52-40(49)47-30-14-15-31(47)22-29(21-30)35-23-37(46(26-50-17-19-54(4,5)6)27-51-18-20-55(7,8)9)48-38(44-35)32(25-43-48)28-13-16-34(42-24-28)39-45-33-11-10-12-36(33)53-39/h13,16,23-24,28-30H,10-12,14-15,17-22,25-26H2,1-9H3;13,16,23-25,29-31H,10-12,14-15,17-22,26-27H2,1-9H3/t28?,29-,30+;29?,30-,31+. The van der Waals surface area contributed by atoms with E-state index >= 15 is 0 Å². The Morgan fingerprint density at radius 2 is 0.901 bits per heavy atom. The number of aromatic nitrogens is 10. The Hall–Kier alpha value is -5.62. The van der Waals surface area contributed by atoms with Crippen LogP contribution in [0.1, 0.15) is 150 Å². The Labute approximate surface area is 683 Å². The van der Waals surface area contributed by atoms with E-state index in [9.17, 15) is 9.59 Å². The number of anilines is 2. The van der Waals surface area contributed by atoms with E-state index in [4.69, 9.17) is 68.5 Å². The minimum absolute atomic E-state index is 0.116. The number of nitrogens with zero attached hydrogens (tertiary/aromatic N) is 14. The van der Waals surface area contributed by atoms with Crippen molar-refractivity contribution in [1.82, 2.24) is 58.9 Å². The van der Waals surface area contributed by atoms with Gasteiger partial charge in [-0.25, -0.2) is 29.5 Å². The van der Waals surface area contributed by atoms with Crippen molar-refractivity contribution >= 4 is 113 Å². The average molecular weight is 1730 g/mol. The summed E-state index contributed by atoms with van der Waals surface area (Å²) in [7, 11) is -5.13. The molecule has 0 saturated carbocycles. The number of amides is 2. The van der Waals surface area contributed by atoms with Crippen molar-refractivity contribution in [2.45, 2.75) is 281 Å². The monoisotopic (exact) mass is 1730 g/mol. The van der Waals surface area contributed by atoms with Crippen molar-refractivity contribution in [2.75, 3.05) is 63.2 Å². The van der Waals surface area contributed by atoms with Crippen LogP contribution in [0.15, 0.2) is 55.1 Å². The third-order valence-electron chi connectivity index (χ3n) is 21.9. The number of rotatable bonds is 28. The van der Waals surface area contributed by atoms with Gasteiger partial charge < -0.3 is 48.0 Å². The maximum absolute atomic E-state index is 13.4. The molecule has 2 unspecified atom stereocenters. The highest BCUT2D eigenvalue weighted by Crippen LogP contribution is 2.48. The predicted octanol–water partition coefficient (Wildman–Crippen LogP) is 19.6. The fourth-order valence-electron chi connectivity index (χ4n) is 15.9. The Morgan fingerprint density at radius 1 is 0.505 bits per heavy atom. The van der Waals surface area contributed by atoms with Crippen LogP contribution in [0.3, 0.4) is 0 Å². The molecule has 12 heterocycles. The van der Waals surface area contributed by atoms with Gasteiger partial charge in [-0.1, -0.05) is 90.7 Å². The SMILES string of the molecule is CC(C)(C)OC(=O)N1[C@@H]2CC[C@H]1CC(c1cc(N(COCC[Si](C)(C)C)COCC[Si](C)(C)C)n3ncc(-c4ccc(-c5nc6c(s5)CCC6)nc4)c3n1)C2.CC(C)(C)OC(=O)N1[C@@H]2CC[C@H]1CC(c1nc3c(-c4ccc(-c5nc6c(s5)CCC6)nc4)cnn3c(N(COCC[Si](C)(C)C)COCC[Si](C)(C)C)c1I)C2. The summed E-state index contributed by atoms with van der Waals surface area (Å²) < 4.78 is 42.5. The van der Waals surface area contributed by atoms with Crippen LogP contribution in [0.25, 0.3) is 55.0 Å². The molecular weight excluding hydrogens is 1610 g/mol. The Morgan fingerprint density at radius 3 is 1.29 bits per heavy atom. The molecule has 0 radical (unpaired) electrons. The van der Waals surface area contributed by atoms with Crippen molar-refractivity contribution in [3.05, 3.63) is 91.2 Å². The van der Waals surface area contributed by atoms with Gasteiger partial charge in [0.05, 0.1) is 44.4 Å². The molecule has 4 saturated heterocycles. The predicted molar refractivity (Wildman–Crippen MR) is 466 cm³/mol. The van der Waals surface area contributed by atoms with Crippen LogP contribution < -0.4 is 9.80 Å². The van der Waals surface area contributed by atoms with Gasteiger partial charge in [0.1, 0.15) is 54.0 Å². The van der Waals surface area contributed by atoms with E-state index in [-0.39, 0.29) is 48.2 Å². The van der Waals surface area contributed by atoms with Crippen molar-refractivity contribution in [1.29, 1.82) is 0 Å². The molecule has 8 aromatic heterocycles. The maximum atomic E-state index is 13.4. The van der Waals surface area contributed by atoms with E-state index in [1.54, 1.807) is 22.7 Å². The first-order valence-corrected chi connectivity index (χ1v) is 58.2. The van der Waals surface area contributed by atoms with Gasteiger partial charge in [-0.2, -0.15) is 19.2 Å². The van der Waals surface area contributed by atoms with E-state index in [2.05, 4.69) is 141 Å². The van der Waals surface area contributed by atoms with Crippen LogP contribution in [0, 0.1) is 3.57 Å². The van der Waals surface area contributed by atoms with Gasteiger partial charge in [0.25, 0.3) is 0 Å². The second kappa shape index (κ2) is 34.3. The van der Waals surface area contributed by atoms with Crippen molar-refractivity contribution in [3.8, 4) is 43.7 Å². The van der Waals surface area contributed by atoms with Crippen LogP contribution in [0.2, 0.25) is 103 Å². The fraction of sp³-hybridized carbons (Fsp3) is 0.634. The first-order chi connectivity index (χ1) is 52.4. The number of piperidine rings is 2. The lowest BCUT2D eigenvalue weighted by Gasteiger charge is -2.39. The number of pyridine rings is 2. The molecule has 2 aliphatic carbocycles. The molecule has 6 atom stereocenters. The summed E-state index contributed by atoms with van der Waals surface area (Å²) in [5.41, 5.74) is 10.6. The van der Waals surface area contributed by atoms with Gasteiger partial charge >= 0.3 is 12.2 Å². The number of carbonyl (C=O) groups excluding carboxylic acids is 2. The first-order valence-electron chi connectivity index (χ1n) is 40.7. The summed E-state index contributed by atoms with van der Waals surface area (Å²) in [5.74, 6) is 2.18. The van der Waals surface area contributed by atoms with Crippen LogP contribution in [-0.2, 0) is 54.1 Å². The zero-order valence-electron chi connectivity index (χ0n) is 69.3. The highest BCUT2D eigenvalue weighted by molar-refractivity contribution is 14.1. The van der Waals surface area contributed by atoms with Gasteiger partial charge in [-0.05, 0) is 190 Å². The number of hydrogen-bond acceptors (Lipinski definition) is 20. The number of aryl methyl sites for hydroxylation is 4. The van der Waals surface area contributed by atoms with Gasteiger partial charge in [-0.15, -0.1) is 22.7 Å². The molecule has 22 nitrogen and oxygen atoms in total. The van der Waals surface area contributed by atoms with Gasteiger partial charge in [-0.3, -0.25) is 9.97 Å². The van der Waals surface area contributed by atoms with E-state index in [0.29, 0.717) is 53.4 Å². The van der Waals surface area contributed by atoms with Crippen molar-refractivity contribution in [3.63, 3.8) is 0 Å². The Kier molecular flexibility index (Phi) is 25.7. The smallest absolute Gasteiger partial charge is 0.410 e. The molecule has 0 aromatic carbocycles. The number of thiazole rings is 2. The van der Waals surface area contributed by atoms with E-state index in [0.717, 1.165) is 183 Å². The number of hydrogen-bond donors (Lipinski definition) is 0. The highest BCUT2D eigenvalue weighted by atomic mass is 127. The summed E-state index contributed by atoms with van der Waals surface area (Å²) in [5, 5.41) is 12.0. The minimum Gasteiger partial charge on any atom is -0.444 e. The van der Waals surface area contributed by atoms with E-state index in [1.807, 2.05) is 85.2 Å². The minimum atomic E-state index is -1.29. The summed E-state index contributed by atoms with van der Waals surface area (Å²) >= 11 is 6.03. The molecule has 4 aliphatic heterocycles. The van der Waals surface area contributed by atoms with Crippen LogP contribution >= 0.6 is 45.3 Å². The molecule has 2 amide bonds. The van der Waals surface area contributed by atoms with Crippen LogP contribution in [0.5, 0.6) is 0 Å². The van der Waals surface area contributed by atoms with Gasteiger partial charge in [0, 0.05) is 151 Å². The zero-order chi connectivity index (χ0) is 79.1. The van der Waals surface area contributed by atoms with Crippen LogP contribution in [0.4, 0.5) is 21.2 Å².